The topological polar surface area (TPSA) is 21.3 Å². The summed E-state index contributed by atoms with van der Waals surface area (Å²) < 4.78 is 6.24. The number of halogens is 1. The molecule has 2 fully saturated rings. The molecule has 0 aromatic rings. The Kier molecular flexibility index (Phi) is 5.11. The molecular weight excluding hydrogens is 266 g/mol. The van der Waals surface area contributed by atoms with Crippen LogP contribution >= 0.6 is 15.9 Å². The van der Waals surface area contributed by atoms with Crippen LogP contribution in [0.3, 0.4) is 0 Å². The highest BCUT2D eigenvalue weighted by Gasteiger charge is 2.41. The van der Waals surface area contributed by atoms with Crippen molar-refractivity contribution in [1.29, 1.82) is 0 Å². The molecule has 0 radical (unpaired) electrons. The van der Waals surface area contributed by atoms with E-state index in [9.17, 15) is 0 Å². The van der Waals surface area contributed by atoms with Crippen LogP contribution in [0.25, 0.3) is 0 Å². The van der Waals surface area contributed by atoms with E-state index in [4.69, 9.17) is 4.74 Å². The van der Waals surface area contributed by atoms with E-state index in [-0.39, 0.29) is 0 Å². The maximum Gasteiger partial charge on any atom is 0.0708 e. The minimum atomic E-state index is 0.308. The van der Waals surface area contributed by atoms with E-state index >= 15 is 0 Å². The predicted molar refractivity (Wildman–Crippen MR) is 71.2 cm³/mol. The van der Waals surface area contributed by atoms with E-state index in [0.29, 0.717) is 11.7 Å². The molecule has 0 amide bonds. The zero-order chi connectivity index (χ0) is 11.3. The van der Waals surface area contributed by atoms with Crippen molar-refractivity contribution in [3.63, 3.8) is 0 Å². The van der Waals surface area contributed by atoms with Gasteiger partial charge in [-0.1, -0.05) is 28.8 Å². The fourth-order valence-corrected chi connectivity index (χ4v) is 3.43. The Bertz CT molecular complexity index is 204. The molecule has 1 unspecified atom stereocenters. The molecule has 16 heavy (non-hydrogen) atoms. The van der Waals surface area contributed by atoms with Gasteiger partial charge in [-0.2, -0.15) is 0 Å². The van der Waals surface area contributed by atoms with Gasteiger partial charge in [-0.05, 0) is 45.1 Å². The molecular formula is C13H24BrNO. The van der Waals surface area contributed by atoms with Crippen LogP contribution in [0.15, 0.2) is 0 Å². The van der Waals surface area contributed by atoms with Gasteiger partial charge in [-0.25, -0.2) is 0 Å². The Morgan fingerprint density at radius 2 is 2.00 bits per heavy atom. The minimum absolute atomic E-state index is 0.308. The average Bonchev–Trinajstić information content (AvgIpc) is 2.90. The third-order valence-corrected chi connectivity index (χ3v) is 4.52. The molecule has 94 valence electrons. The Hall–Kier alpha value is 0.400. The molecule has 0 aromatic heterocycles. The van der Waals surface area contributed by atoms with E-state index in [2.05, 4.69) is 21.2 Å². The maximum absolute atomic E-state index is 6.24. The molecule has 2 rings (SSSR count). The molecule has 0 bridgehead atoms. The summed E-state index contributed by atoms with van der Waals surface area (Å²) in [5, 5.41) is 4.65. The Balaban J connectivity index is 1.58. The zero-order valence-corrected chi connectivity index (χ0v) is 11.7. The van der Waals surface area contributed by atoms with Crippen LogP contribution in [0.5, 0.6) is 0 Å². The molecule has 1 atom stereocenters. The largest absolute Gasteiger partial charge is 0.370 e. The van der Waals surface area contributed by atoms with Crippen molar-refractivity contribution in [2.24, 2.45) is 0 Å². The summed E-state index contributed by atoms with van der Waals surface area (Å²) in [4.78, 5) is 0. The maximum atomic E-state index is 6.24. The zero-order valence-electron chi connectivity index (χ0n) is 10.1. The smallest absolute Gasteiger partial charge is 0.0708 e. The Morgan fingerprint density at radius 1 is 1.19 bits per heavy atom. The fourth-order valence-electron chi connectivity index (χ4n) is 3.03. The summed E-state index contributed by atoms with van der Waals surface area (Å²) >= 11 is 3.46. The predicted octanol–water partition coefficient (Wildman–Crippen LogP) is 3.24. The molecule has 1 aliphatic heterocycles. The highest BCUT2D eigenvalue weighted by Crippen LogP contribution is 2.43. The van der Waals surface area contributed by atoms with Crippen molar-refractivity contribution < 1.29 is 4.74 Å². The monoisotopic (exact) mass is 289 g/mol. The van der Waals surface area contributed by atoms with Gasteiger partial charge in [0.25, 0.3) is 0 Å². The molecule has 1 saturated carbocycles. The molecule has 2 nitrogen and oxygen atoms in total. The number of alkyl halides is 1. The second-order valence-corrected chi connectivity index (χ2v) is 6.06. The average molecular weight is 290 g/mol. The first-order valence-electron chi connectivity index (χ1n) is 6.79. The van der Waals surface area contributed by atoms with Crippen molar-refractivity contribution in [2.75, 3.05) is 18.4 Å². The van der Waals surface area contributed by atoms with Crippen LogP contribution in [0.1, 0.15) is 51.4 Å². The second-order valence-electron chi connectivity index (χ2n) is 5.27. The van der Waals surface area contributed by atoms with Gasteiger partial charge in [0, 0.05) is 11.9 Å². The molecule has 1 aliphatic carbocycles. The number of nitrogens with one attached hydrogen (secondary N) is 1. The van der Waals surface area contributed by atoms with E-state index in [1.54, 1.807) is 0 Å². The van der Waals surface area contributed by atoms with Gasteiger partial charge < -0.3 is 10.1 Å². The van der Waals surface area contributed by atoms with Crippen molar-refractivity contribution in [3.05, 3.63) is 0 Å². The molecule has 1 spiro atoms. The summed E-state index contributed by atoms with van der Waals surface area (Å²) in [5.74, 6) is 0. The lowest BCUT2D eigenvalue weighted by Gasteiger charge is -2.23. The Morgan fingerprint density at radius 3 is 2.75 bits per heavy atom. The van der Waals surface area contributed by atoms with Crippen molar-refractivity contribution >= 4 is 15.9 Å². The third kappa shape index (κ3) is 3.44. The number of hydrogen-bond acceptors (Lipinski definition) is 2. The number of rotatable bonds is 6. The minimum Gasteiger partial charge on any atom is -0.370 e. The molecule has 2 aliphatic rings. The number of unbranched alkanes of at least 4 members (excludes halogenated alkanes) is 1. The molecule has 1 N–H and O–H groups in total. The van der Waals surface area contributed by atoms with Crippen molar-refractivity contribution in [2.45, 2.75) is 63.1 Å². The van der Waals surface area contributed by atoms with Gasteiger partial charge in [-0.15, -0.1) is 0 Å². The molecule has 1 heterocycles. The van der Waals surface area contributed by atoms with Crippen molar-refractivity contribution in [3.8, 4) is 0 Å². The van der Waals surface area contributed by atoms with Crippen LogP contribution in [-0.4, -0.2) is 30.1 Å². The standard InChI is InChI=1S/C13H24BrNO/c14-9-3-4-10-15-11-12-5-8-13(16-12)6-1-2-7-13/h12,15H,1-11H2. The number of ether oxygens (including phenoxy) is 1. The Labute approximate surface area is 108 Å². The number of hydrogen-bond donors (Lipinski definition) is 1. The van der Waals surface area contributed by atoms with Crippen LogP contribution < -0.4 is 5.32 Å². The van der Waals surface area contributed by atoms with Crippen LogP contribution in [-0.2, 0) is 4.74 Å². The lowest BCUT2D eigenvalue weighted by Crippen LogP contribution is -2.31. The summed E-state index contributed by atoms with van der Waals surface area (Å²) in [6, 6.07) is 0. The van der Waals surface area contributed by atoms with Crippen LogP contribution in [0, 0.1) is 0 Å². The first kappa shape index (κ1) is 12.8. The normalized spacial score (nSPS) is 27.9. The SMILES string of the molecule is BrCCCCNCC1CCC2(CCCC2)O1. The van der Waals surface area contributed by atoms with E-state index in [1.165, 1.54) is 51.4 Å². The van der Waals surface area contributed by atoms with Gasteiger partial charge >= 0.3 is 0 Å². The lowest BCUT2D eigenvalue weighted by molar-refractivity contribution is -0.0350. The van der Waals surface area contributed by atoms with Gasteiger partial charge in [0.2, 0.25) is 0 Å². The first-order valence-corrected chi connectivity index (χ1v) is 7.91. The summed E-state index contributed by atoms with van der Waals surface area (Å²) in [6.07, 6.45) is 11.0. The molecule has 1 saturated heterocycles. The van der Waals surface area contributed by atoms with E-state index < -0.39 is 0 Å². The van der Waals surface area contributed by atoms with Gasteiger partial charge in [-0.3, -0.25) is 0 Å². The third-order valence-electron chi connectivity index (χ3n) is 3.96. The van der Waals surface area contributed by atoms with Crippen molar-refractivity contribution in [1.82, 2.24) is 5.32 Å². The van der Waals surface area contributed by atoms with E-state index in [0.717, 1.165) is 18.4 Å². The summed E-state index contributed by atoms with van der Waals surface area (Å²) in [5.41, 5.74) is 0.308. The molecule has 0 aromatic carbocycles. The fraction of sp³-hybridized carbons (Fsp3) is 1.00. The second kappa shape index (κ2) is 6.36. The quantitative estimate of drug-likeness (QED) is 0.599. The van der Waals surface area contributed by atoms with Crippen LogP contribution in [0.4, 0.5) is 0 Å². The summed E-state index contributed by atoms with van der Waals surface area (Å²) in [7, 11) is 0. The van der Waals surface area contributed by atoms with Gasteiger partial charge in [0.15, 0.2) is 0 Å². The highest BCUT2D eigenvalue weighted by molar-refractivity contribution is 9.09. The van der Waals surface area contributed by atoms with Crippen LogP contribution in [0.2, 0.25) is 0 Å². The first-order chi connectivity index (χ1) is 7.85. The highest BCUT2D eigenvalue weighted by atomic mass is 79.9. The van der Waals surface area contributed by atoms with Gasteiger partial charge in [0.05, 0.1) is 11.7 Å². The summed E-state index contributed by atoms with van der Waals surface area (Å²) in [6.45, 7) is 2.20. The van der Waals surface area contributed by atoms with E-state index in [1.807, 2.05) is 0 Å². The van der Waals surface area contributed by atoms with Gasteiger partial charge in [0.1, 0.15) is 0 Å². The molecule has 3 heteroatoms. The lowest BCUT2D eigenvalue weighted by atomic mass is 9.98.